The molecule has 2 atom stereocenters. The number of aliphatic carboxylic acids is 1. The van der Waals surface area contributed by atoms with Crippen LogP contribution in [0.2, 0.25) is 0 Å². The molecular formula is C17H20N4O3. The van der Waals surface area contributed by atoms with Gasteiger partial charge >= 0.3 is 5.97 Å². The first-order valence-corrected chi connectivity index (χ1v) is 7.95. The van der Waals surface area contributed by atoms with Gasteiger partial charge in [0.15, 0.2) is 0 Å². The highest BCUT2D eigenvalue weighted by atomic mass is 16.4. The number of nitrogens with zero attached hydrogens (tertiary/aromatic N) is 4. The van der Waals surface area contributed by atoms with Gasteiger partial charge in [0, 0.05) is 25.4 Å². The summed E-state index contributed by atoms with van der Waals surface area (Å²) in [7, 11) is 0. The molecule has 1 aromatic carbocycles. The Bertz CT molecular complexity index is 729. The van der Waals surface area contributed by atoms with Crippen molar-refractivity contribution in [1.29, 1.82) is 0 Å². The molecule has 7 nitrogen and oxygen atoms in total. The van der Waals surface area contributed by atoms with E-state index in [1.54, 1.807) is 15.9 Å². The molecule has 0 bridgehead atoms. The molecule has 0 unspecified atom stereocenters. The summed E-state index contributed by atoms with van der Waals surface area (Å²) in [5, 5.41) is 13.5. The Kier molecular flexibility index (Phi) is 4.59. The van der Waals surface area contributed by atoms with Crippen LogP contribution in [0, 0.1) is 12.8 Å². The average molecular weight is 328 g/mol. The van der Waals surface area contributed by atoms with Crippen molar-refractivity contribution in [3.05, 3.63) is 48.0 Å². The molecule has 1 fully saturated rings. The van der Waals surface area contributed by atoms with Crippen LogP contribution in [0.1, 0.15) is 23.5 Å². The Morgan fingerprint density at radius 3 is 2.75 bits per heavy atom. The zero-order valence-electron chi connectivity index (χ0n) is 13.5. The molecule has 0 aliphatic carbocycles. The lowest BCUT2D eigenvalue weighted by atomic mass is 9.86. The topological polar surface area (TPSA) is 88.3 Å². The van der Waals surface area contributed by atoms with Gasteiger partial charge in [-0.15, -0.1) is 0 Å². The maximum absolute atomic E-state index is 12.4. The number of benzene rings is 1. The Morgan fingerprint density at radius 2 is 2.08 bits per heavy atom. The first kappa shape index (κ1) is 16.2. The fraction of sp³-hybridized carbons (Fsp3) is 0.412. The van der Waals surface area contributed by atoms with Crippen molar-refractivity contribution >= 4 is 11.9 Å². The summed E-state index contributed by atoms with van der Waals surface area (Å²) in [5.74, 6) is -1.64. The molecule has 0 radical (unpaired) electrons. The van der Waals surface area contributed by atoms with E-state index in [1.165, 1.54) is 6.33 Å². The lowest BCUT2D eigenvalue weighted by Crippen LogP contribution is -2.30. The average Bonchev–Trinajstić information content (AvgIpc) is 3.22. The van der Waals surface area contributed by atoms with Gasteiger partial charge in [0.05, 0.1) is 12.5 Å². The number of rotatable bonds is 5. The zero-order valence-corrected chi connectivity index (χ0v) is 13.5. The molecule has 1 aromatic heterocycles. The molecule has 0 spiro atoms. The summed E-state index contributed by atoms with van der Waals surface area (Å²) in [5.41, 5.74) is 2.07. The summed E-state index contributed by atoms with van der Waals surface area (Å²) < 4.78 is 1.60. The number of amides is 1. The molecule has 1 N–H and O–H groups in total. The molecule has 7 heteroatoms. The van der Waals surface area contributed by atoms with Gasteiger partial charge in [-0.25, -0.2) is 4.98 Å². The van der Waals surface area contributed by atoms with Crippen molar-refractivity contribution in [2.24, 2.45) is 5.92 Å². The summed E-state index contributed by atoms with van der Waals surface area (Å²) in [4.78, 5) is 29.6. The summed E-state index contributed by atoms with van der Waals surface area (Å²) in [6.45, 7) is 3.12. The zero-order chi connectivity index (χ0) is 17.1. The van der Waals surface area contributed by atoms with Crippen molar-refractivity contribution in [1.82, 2.24) is 19.7 Å². The first-order chi connectivity index (χ1) is 11.6. The minimum Gasteiger partial charge on any atom is -0.481 e. The van der Waals surface area contributed by atoms with E-state index in [1.807, 2.05) is 31.2 Å². The van der Waals surface area contributed by atoms with Gasteiger partial charge in [-0.2, -0.15) is 5.10 Å². The van der Waals surface area contributed by atoms with Crippen LogP contribution in [0.5, 0.6) is 0 Å². The molecule has 1 aliphatic rings. The quantitative estimate of drug-likeness (QED) is 0.894. The van der Waals surface area contributed by atoms with Gasteiger partial charge in [-0.1, -0.05) is 24.3 Å². The number of hydrogen-bond acceptors (Lipinski definition) is 4. The predicted octanol–water partition coefficient (Wildman–Crippen LogP) is 1.30. The van der Waals surface area contributed by atoms with Crippen LogP contribution in [0.25, 0.3) is 0 Å². The van der Waals surface area contributed by atoms with Crippen molar-refractivity contribution in [2.75, 3.05) is 13.1 Å². The number of carbonyl (C=O) groups excluding carboxylic acids is 1. The summed E-state index contributed by atoms with van der Waals surface area (Å²) in [6, 6.07) is 7.78. The normalized spacial score (nSPS) is 20.3. The third-order valence-corrected chi connectivity index (χ3v) is 4.60. The monoisotopic (exact) mass is 328 g/mol. The van der Waals surface area contributed by atoms with Gasteiger partial charge < -0.3 is 10.0 Å². The van der Waals surface area contributed by atoms with Crippen LogP contribution in [0.3, 0.4) is 0 Å². The van der Waals surface area contributed by atoms with Crippen LogP contribution >= 0.6 is 0 Å². The Balaban J connectivity index is 1.71. The number of aromatic nitrogens is 3. The van der Waals surface area contributed by atoms with E-state index in [9.17, 15) is 14.7 Å². The van der Waals surface area contributed by atoms with Gasteiger partial charge in [-0.05, 0) is 18.1 Å². The number of aryl methyl sites for hydroxylation is 2. The number of hydrogen-bond donors (Lipinski definition) is 1. The minimum atomic E-state index is -0.852. The van der Waals surface area contributed by atoms with E-state index >= 15 is 0 Å². The predicted molar refractivity (Wildman–Crippen MR) is 86.3 cm³/mol. The highest BCUT2D eigenvalue weighted by molar-refractivity contribution is 5.79. The van der Waals surface area contributed by atoms with Crippen molar-refractivity contribution in [3.8, 4) is 0 Å². The number of carboxylic acid groups (broad SMARTS) is 1. The van der Waals surface area contributed by atoms with E-state index in [0.717, 1.165) is 11.1 Å². The molecule has 0 saturated carbocycles. The minimum absolute atomic E-state index is 0.0483. The second-order valence-electron chi connectivity index (χ2n) is 6.12. The van der Waals surface area contributed by atoms with E-state index in [-0.39, 0.29) is 24.8 Å². The lowest BCUT2D eigenvalue weighted by molar-refractivity contribution is -0.141. The van der Waals surface area contributed by atoms with Gasteiger partial charge in [-0.3, -0.25) is 14.3 Å². The first-order valence-electron chi connectivity index (χ1n) is 7.95. The van der Waals surface area contributed by atoms with Gasteiger partial charge in [0.1, 0.15) is 12.7 Å². The highest BCUT2D eigenvalue weighted by Crippen LogP contribution is 2.34. The lowest BCUT2D eigenvalue weighted by Gasteiger charge is -2.18. The standard InChI is InChI=1S/C17H20N4O3/c1-12-4-2-3-5-13(12)14-8-20(9-15(14)17(23)24)16(22)6-7-21-11-18-10-19-21/h2-5,10-11,14-15H,6-9H2,1H3,(H,23,24)/t14-,15+/m0/s1. The highest BCUT2D eigenvalue weighted by Gasteiger charge is 2.40. The Labute approximate surface area is 139 Å². The molecule has 1 amide bonds. The Morgan fingerprint density at radius 1 is 1.29 bits per heavy atom. The molecule has 24 heavy (non-hydrogen) atoms. The van der Waals surface area contributed by atoms with Gasteiger partial charge in [0.2, 0.25) is 5.91 Å². The molecule has 3 rings (SSSR count). The third-order valence-electron chi connectivity index (χ3n) is 4.60. The van der Waals surface area contributed by atoms with Crippen molar-refractivity contribution in [2.45, 2.75) is 25.8 Å². The SMILES string of the molecule is Cc1ccccc1[C@@H]1CN(C(=O)CCn2cncn2)C[C@H]1C(=O)O. The summed E-state index contributed by atoms with van der Waals surface area (Å²) in [6.07, 6.45) is 3.28. The molecular weight excluding hydrogens is 308 g/mol. The van der Waals surface area contributed by atoms with E-state index in [2.05, 4.69) is 10.1 Å². The van der Waals surface area contributed by atoms with Crippen molar-refractivity contribution in [3.63, 3.8) is 0 Å². The summed E-state index contributed by atoms with van der Waals surface area (Å²) >= 11 is 0. The maximum Gasteiger partial charge on any atom is 0.308 e. The molecule has 1 saturated heterocycles. The molecule has 126 valence electrons. The molecule has 2 aromatic rings. The number of carboxylic acids is 1. The van der Waals surface area contributed by atoms with Crippen molar-refractivity contribution < 1.29 is 14.7 Å². The third kappa shape index (κ3) is 3.29. The van der Waals surface area contributed by atoms with E-state index in [0.29, 0.717) is 13.1 Å². The van der Waals surface area contributed by atoms with Gasteiger partial charge in [0.25, 0.3) is 0 Å². The molecule has 2 heterocycles. The number of carbonyl (C=O) groups is 2. The van der Waals surface area contributed by atoms with Crippen LogP contribution in [0.15, 0.2) is 36.9 Å². The number of likely N-dealkylation sites (tertiary alicyclic amines) is 1. The smallest absolute Gasteiger partial charge is 0.308 e. The second-order valence-corrected chi connectivity index (χ2v) is 6.12. The van der Waals surface area contributed by atoms with E-state index < -0.39 is 11.9 Å². The van der Waals surface area contributed by atoms with Crippen LogP contribution in [-0.2, 0) is 16.1 Å². The molecule has 1 aliphatic heterocycles. The van der Waals surface area contributed by atoms with E-state index in [4.69, 9.17) is 0 Å². The fourth-order valence-corrected chi connectivity index (χ4v) is 3.29. The maximum atomic E-state index is 12.4. The van der Waals surface area contributed by atoms with Crippen LogP contribution in [0.4, 0.5) is 0 Å². The Hall–Kier alpha value is -2.70. The second kappa shape index (κ2) is 6.82. The largest absolute Gasteiger partial charge is 0.481 e. The van der Waals surface area contributed by atoms with Crippen LogP contribution < -0.4 is 0 Å². The fourth-order valence-electron chi connectivity index (χ4n) is 3.29. The van der Waals surface area contributed by atoms with Crippen LogP contribution in [-0.4, -0.2) is 49.7 Å².